The quantitative estimate of drug-likeness (QED) is 0.497. The van der Waals surface area contributed by atoms with Gasteiger partial charge < -0.3 is 9.64 Å². The molecule has 127 valence electrons. The van der Waals surface area contributed by atoms with Crippen LogP contribution in [0.15, 0.2) is 77.3 Å². The van der Waals surface area contributed by atoms with Crippen LogP contribution in [-0.4, -0.2) is 6.54 Å². The third-order valence-corrected chi connectivity index (χ3v) is 4.53. The summed E-state index contributed by atoms with van der Waals surface area (Å²) in [5.74, 6) is 0.918. The van der Waals surface area contributed by atoms with Crippen molar-refractivity contribution < 1.29 is 4.74 Å². The number of benzene rings is 3. The number of hydrogen-bond acceptors (Lipinski definition) is 2. The number of halogens is 1. The molecule has 0 bridgehead atoms. The molecule has 0 spiro atoms. The Bertz CT molecular complexity index is 790. The van der Waals surface area contributed by atoms with Gasteiger partial charge in [-0.3, -0.25) is 0 Å². The summed E-state index contributed by atoms with van der Waals surface area (Å²) < 4.78 is 7.16. The normalized spacial score (nSPS) is 10.5. The zero-order chi connectivity index (χ0) is 17.5. The van der Waals surface area contributed by atoms with Crippen molar-refractivity contribution in [3.63, 3.8) is 0 Å². The molecule has 0 atom stereocenters. The average Bonchev–Trinajstić information content (AvgIpc) is 2.67. The molecule has 0 saturated carbocycles. The van der Waals surface area contributed by atoms with E-state index in [1.54, 1.807) is 0 Å². The lowest BCUT2D eigenvalue weighted by molar-refractivity contribution is 0.302. The highest BCUT2D eigenvalue weighted by atomic mass is 79.9. The minimum absolute atomic E-state index is 0.569. The van der Waals surface area contributed by atoms with E-state index in [9.17, 15) is 0 Å². The maximum absolute atomic E-state index is 6.10. The van der Waals surface area contributed by atoms with E-state index in [0.29, 0.717) is 6.61 Å². The summed E-state index contributed by atoms with van der Waals surface area (Å²) >= 11 is 3.58. The second-order valence-electron chi connectivity index (χ2n) is 5.79. The van der Waals surface area contributed by atoms with Crippen LogP contribution < -0.4 is 9.64 Å². The first-order valence-corrected chi connectivity index (χ1v) is 9.22. The lowest BCUT2D eigenvalue weighted by Gasteiger charge is -2.24. The van der Waals surface area contributed by atoms with Crippen LogP contribution in [0.1, 0.15) is 18.1 Å². The number of ether oxygens (including phenoxy) is 1. The number of nitrogens with zero attached hydrogens (tertiary/aromatic N) is 1. The van der Waals surface area contributed by atoms with Gasteiger partial charge in [0.05, 0.1) is 0 Å². The van der Waals surface area contributed by atoms with Gasteiger partial charge in [-0.15, -0.1) is 0 Å². The number of hydrogen-bond donors (Lipinski definition) is 0. The Labute approximate surface area is 158 Å². The standard InChI is InChI=1S/C22H21BrNO/c1-2-24(21-11-7-4-8-12-21)16-19-15-20(23)13-14-22(19)25-17-18-9-5-3-6-10-18/h3-11,13-15H,2,16-17H2,1H3. The van der Waals surface area contributed by atoms with E-state index in [2.05, 4.69) is 58.1 Å². The van der Waals surface area contributed by atoms with Crippen LogP contribution in [-0.2, 0) is 13.2 Å². The molecule has 0 aliphatic heterocycles. The van der Waals surface area contributed by atoms with Crippen LogP contribution in [0.3, 0.4) is 0 Å². The van der Waals surface area contributed by atoms with Crippen molar-refractivity contribution >= 4 is 21.6 Å². The maximum atomic E-state index is 6.10. The van der Waals surface area contributed by atoms with Gasteiger partial charge in [-0.25, -0.2) is 0 Å². The molecule has 1 radical (unpaired) electrons. The van der Waals surface area contributed by atoms with Crippen molar-refractivity contribution in [3.8, 4) is 5.75 Å². The van der Waals surface area contributed by atoms with Crippen molar-refractivity contribution in [2.45, 2.75) is 20.1 Å². The molecule has 2 nitrogen and oxygen atoms in total. The molecule has 0 aliphatic rings. The van der Waals surface area contributed by atoms with Crippen molar-refractivity contribution in [1.82, 2.24) is 0 Å². The fraction of sp³-hybridized carbons (Fsp3) is 0.182. The Balaban J connectivity index is 1.79. The monoisotopic (exact) mass is 394 g/mol. The first kappa shape index (κ1) is 17.6. The predicted octanol–water partition coefficient (Wildman–Crippen LogP) is 5.85. The van der Waals surface area contributed by atoms with Crippen LogP contribution in [0.4, 0.5) is 5.69 Å². The van der Waals surface area contributed by atoms with E-state index < -0.39 is 0 Å². The maximum Gasteiger partial charge on any atom is 0.124 e. The molecule has 0 fully saturated rings. The van der Waals surface area contributed by atoms with E-state index >= 15 is 0 Å². The van der Waals surface area contributed by atoms with E-state index in [1.807, 2.05) is 48.5 Å². The van der Waals surface area contributed by atoms with Gasteiger partial charge >= 0.3 is 0 Å². The molecule has 3 rings (SSSR count). The van der Waals surface area contributed by atoms with Gasteiger partial charge in [-0.05, 0) is 36.8 Å². The number of rotatable bonds is 7. The second-order valence-corrected chi connectivity index (χ2v) is 6.70. The Morgan fingerprint density at radius 3 is 2.52 bits per heavy atom. The van der Waals surface area contributed by atoms with Crippen LogP contribution in [0.2, 0.25) is 0 Å². The Hall–Kier alpha value is -2.26. The minimum Gasteiger partial charge on any atom is -0.489 e. The molecule has 3 aromatic carbocycles. The lowest BCUT2D eigenvalue weighted by atomic mass is 10.1. The summed E-state index contributed by atoms with van der Waals surface area (Å²) in [4.78, 5) is 2.29. The van der Waals surface area contributed by atoms with Crippen molar-refractivity contribution in [3.05, 3.63) is 94.5 Å². The lowest BCUT2D eigenvalue weighted by Crippen LogP contribution is -2.22. The van der Waals surface area contributed by atoms with Gasteiger partial charge in [0.2, 0.25) is 0 Å². The van der Waals surface area contributed by atoms with Crippen LogP contribution in [0.5, 0.6) is 5.75 Å². The smallest absolute Gasteiger partial charge is 0.124 e. The largest absolute Gasteiger partial charge is 0.489 e. The van der Waals surface area contributed by atoms with Crippen LogP contribution >= 0.6 is 15.9 Å². The van der Waals surface area contributed by atoms with Crippen LogP contribution in [0, 0.1) is 6.07 Å². The molecule has 0 heterocycles. The fourth-order valence-corrected chi connectivity index (χ4v) is 3.11. The summed E-state index contributed by atoms with van der Waals surface area (Å²) in [5.41, 5.74) is 3.42. The number of para-hydroxylation sites is 1. The Kier molecular flexibility index (Phi) is 6.13. The SMILES string of the molecule is CCN(Cc1cc(Br)ccc1OCc1ccccc1)c1[c]cccc1. The molecule has 0 amide bonds. The third-order valence-electron chi connectivity index (χ3n) is 4.04. The summed E-state index contributed by atoms with van der Waals surface area (Å²) in [5, 5.41) is 0. The van der Waals surface area contributed by atoms with Crippen LogP contribution in [0.25, 0.3) is 0 Å². The van der Waals surface area contributed by atoms with Gasteiger partial charge in [0.1, 0.15) is 12.4 Å². The average molecular weight is 395 g/mol. The zero-order valence-electron chi connectivity index (χ0n) is 14.3. The Morgan fingerprint density at radius 1 is 1.00 bits per heavy atom. The third kappa shape index (κ3) is 4.86. The van der Waals surface area contributed by atoms with Gasteiger partial charge in [-0.2, -0.15) is 0 Å². The van der Waals surface area contributed by atoms with Gasteiger partial charge in [0, 0.05) is 34.9 Å². The molecule has 0 aliphatic carbocycles. The summed E-state index contributed by atoms with van der Waals surface area (Å²) in [6.07, 6.45) is 0. The van der Waals surface area contributed by atoms with Gasteiger partial charge in [-0.1, -0.05) is 64.5 Å². The molecular weight excluding hydrogens is 374 g/mol. The van der Waals surface area contributed by atoms with Crippen molar-refractivity contribution in [2.75, 3.05) is 11.4 Å². The Morgan fingerprint density at radius 2 is 1.80 bits per heavy atom. The zero-order valence-corrected chi connectivity index (χ0v) is 15.9. The van der Waals surface area contributed by atoms with Crippen molar-refractivity contribution in [2.24, 2.45) is 0 Å². The molecule has 0 saturated heterocycles. The van der Waals surface area contributed by atoms with Gasteiger partial charge in [0.25, 0.3) is 0 Å². The fourth-order valence-electron chi connectivity index (χ4n) is 2.70. The number of anilines is 1. The highest BCUT2D eigenvalue weighted by Gasteiger charge is 2.11. The summed E-state index contributed by atoms with van der Waals surface area (Å²) in [6, 6.07) is 27.8. The molecular formula is C22H21BrNO. The molecule has 0 N–H and O–H groups in total. The topological polar surface area (TPSA) is 12.5 Å². The predicted molar refractivity (Wildman–Crippen MR) is 107 cm³/mol. The molecule has 3 heteroatoms. The summed E-state index contributed by atoms with van der Waals surface area (Å²) in [6.45, 7) is 4.41. The minimum atomic E-state index is 0.569. The van der Waals surface area contributed by atoms with E-state index in [-0.39, 0.29) is 0 Å². The van der Waals surface area contributed by atoms with E-state index in [0.717, 1.165) is 34.6 Å². The highest BCUT2D eigenvalue weighted by Crippen LogP contribution is 2.27. The highest BCUT2D eigenvalue weighted by molar-refractivity contribution is 9.10. The molecule has 25 heavy (non-hydrogen) atoms. The molecule has 0 unspecified atom stereocenters. The van der Waals surface area contributed by atoms with E-state index in [4.69, 9.17) is 4.74 Å². The molecule has 3 aromatic rings. The van der Waals surface area contributed by atoms with E-state index in [1.165, 1.54) is 5.56 Å². The first-order valence-electron chi connectivity index (χ1n) is 8.43. The van der Waals surface area contributed by atoms with Crippen molar-refractivity contribution in [1.29, 1.82) is 0 Å². The first-order chi connectivity index (χ1) is 12.3. The summed E-state index contributed by atoms with van der Waals surface area (Å²) in [7, 11) is 0. The molecule has 0 aromatic heterocycles. The van der Waals surface area contributed by atoms with Gasteiger partial charge in [0.15, 0.2) is 0 Å². The second kappa shape index (κ2) is 8.72.